The first kappa shape index (κ1) is 35.2. The molecule has 0 saturated carbocycles. The van der Waals surface area contributed by atoms with Gasteiger partial charge in [-0.15, -0.1) is 11.3 Å². The zero-order valence-corrected chi connectivity index (χ0v) is 34.1. The summed E-state index contributed by atoms with van der Waals surface area (Å²) in [5.74, 6) is 0. The second-order valence-electron chi connectivity index (χ2n) is 15.6. The predicted molar refractivity (Wildman–Crippen MR) is 262 cm³/mol. The topological polar surface area (TPSA) is 8.17 Å². The summed E-state index contributed by atoms with van der Waals surface area (Å²) in [5.41, 5.74) is 14.1. The number of thiophene rings is 1. The number of aromatic nitrogens is 1. The van der Waals surface area contributed by atoms with Crippen molar-refractivity contribution in [1.82, 2.24) is 4.57 Å². The number of nitrogens with zero attached hydrogens (tertiary/aromatic N) is 2. The van der Waals surface area contributed by atoms with Crippen molar-refractivity contribution >= 4 is 81.1 Å². The SMILES string of the molecule is c1ccc(-c2cccc3cccc(-c4ccccc4N(c4cccc(-c5cccc6c5sc5ccccc56)c4)c4ccc5c(c4)c4ccccc4n5-c4ccccc4)c23)cc1. The van der Waals surface area contributed by atoms with E-state index >= 15 is 0 Å². The van der Waals surface area contributed by atoms with Gasteiger partial charge in [-0.25, -0.2) is 0 Å². The number of fused-ring (bicyclic) bond motifs is 7. The Balaban J connectivity index is 1.12. The van der Waals surface area contributed by atoms with Crippen molar-refractivity contribution in [3.63, 3.8) is 0 Å². The normalized spacial score (nSPS) is 11.6. The molecule has 286 valence electrons. The lowest BCUT2D eigenvalue weighted by Gasteiger charge is -2.29. The van der Waals surface area contributed by atoms with Crippen LogP contribution in [0, 0.1) is 0 Å². The van der Waals surface area contributed by atoms with Crippen LogP contribution in [0.25, 0.3) is 91.8 Å². The zero-order valence-electron chi connectivity index (χ0n) is 33.2. The summed E-state index contributed by atoms with van der Waals surface area (Å²) >= 11 is 1.88. The second kappa shape index (κ2) is 14.5. The largest absolute Gasteiger partial charge is 0.310 e. The van der Waals surface area contributed by atoms with Crippen LogP contribution >= 0.6 is 11.3 Å². The van der Waals surface area contributed by atoms with Crippen LogP contribution in [0.15, 0.2) is 231 Å². The van der Waals surface area contributed by atoms with Gasteiger partial charge in [0.15, 0.2) is 0 Å². The Labute approximate surface area is 358 Å². The van der Waals surface area contributed by atoms with Crippen LogP contribution in [0.3, 0.4) is 0 Å². The second-order valence-corrected chi connectivity index (χ2v) is 16.7. The Morgan fingerprint density at radius 1 is 0.361 bits per heavy atom. The highest BCUT2D eigenvalue weighted by Crippen LogP contribution is 2.47. The van der Waals surface area contributed by atoms with E-state index in [0.29, 0.717) is 0 Å². The molecule has 10 aromatic carbocycles. The van der Waals surface area contributed by atoms with Gasteiger partial charge in [0.05, 0.1) is 16.7 Å². The molecule has 2 aromatic heterocycles. The summed E-state index contributed by atoms with van der Waals surface area (Å²) < 4.78 is 5.01. The number of para-hydroxylation sites is 3. The van der Waals surface area contributed by atoms with Crippen molar-refractivity contribution < 1.29 is 0 Å². The summed E-state index contributed by atoms with van der Waals surface area (Å²) in [5, 5.41) is 7.51. The highest BCUT2D eigenvalue weighted by Gasteiger charge is 2.22. The molecule has 0 aliphatic rings. The monoisotopic (exact) mass is 794 g/mol. The van der Waals surface area contributed by atoms with Gasteiger partial charge >= 0.3 is 0 Å². The summed E-state index contributed by atoms with van der Waals surface area (Å²) in [6, 6.07) is 84.2. The average molecular weight is 795 g/mol. The third-order valence-corrected chi connectivity index (χ3v) is 13.4. The van der Waals surface area contributed by atoms with E-state index in [4.69, 9.17) is 0 Å². The zero-order chi connectivity index (χ0) is 40.3. The first-order valence-electron chi connectivity index (χ1n) is 20.8. The smallest absolute Gasteiger partial charge is 0.0542 e. The number of hydrogen-bond donors (Lipinski definition) is 0. The van der Waals surface area contributed by atoms with Crippen LogP contribution in [0.5, 0.6) is 0 Å². The molecule has 2 heterocycles. The van der Waals surface area contributed by atoms with Crippen LogP contribution in [-0.2, 0) is 0 Å². The molecule has 0 amide bonds. The van der Waals surface area contributed by atoms with E-state index in [0.717, 1.165) is 22.7 Å². The Hall–Kier alpha value is -7.72. The first-order chi connectivity index (χ1) is 30.3. The Morgan fingerprint density at radius 2 is 0.967 bits per heavy atom. The molecule has 3 heteroatoms. The first-order valence-corrected chi connectivity index (χ1v) is 21.7. The van der Waals surface area contributed by atoms with Gasteiger partial charge in [-0.1, -0.05) is 170 Å². The lowest BCUT2D eigenvalue weighted by molar-refractivity contribution is 1.18. The Kier molecular flexibility index (Phi) is 8.39. The molecular weight excluding hydrogens is 757 g/mol. The summed E-state index contributed by atoms with van der Waals surface area (Å²) in [6.07, 6.45) is 0. The number of rotatable bonds is 7. The van der Waals surface area contributed by atoms with Crippen molar-refractivity contribution in [3.05, 3.63) is 231 Å². The van der Waals surface area contributed by atoms with Gasteiger partial charge < -0.3 is 9.47 Å². The summed E-state index contributed by atoms with van der Waals surface area (Å²) in [4.78, 5) is 2.47. The maximum atomic E-state index is 2.47. The van der Waals surface area contributed by atoms with Crippen LogP contribution < -0.4 is 4.90 Å². The molecule has 12 rings (SSSR count). The Bertz CT molecular complexity index is 3590. The molecule has 2 nitrogen and oxygen atoms in total. The van der Waals surface area contributed by atoms with E-state index in [-0.39, 0.29) is 0 Å². The van der Waals surface area contributed by atoms with Gasteiger partial charge in [0.25, 0.3) is 0 Å². The van der Waals surface area contributed by atoms with E-state index in [1.807, 2.05) is 11.3 Å². The maximum Gasteiger partial charge on any atom is 0.0542 e. The number of benzene rings is 10. The Morgan fingerprint density at radius 3 is 1.84 bits per heavy atom. The summed E-state index contributed by atoms with van der Waals surface area (Å²) in [6.45, 7) is 0. The quantitative estimate of drug-likeness (QED) is 0.156. The minimum atomic E-state index is 1.09. The lowest BCUT2D eigenvalue weighted by atomic mass is 9.90. The minimum absolute atomic E-state index is 1.09. The van der Waals surface area contributed by atoms with Gasteiger partial charge in [-0.05, 0) is 99.3 Å². The molecule has 0 aliphatic heterocycles. The van der Waals surface area contributed by atoms with Crippen molar-refractivity contribution in [3.8, 4) is 39.1 Å². The molecule has 0 saturated heterocycles. The third kappa shape index (κ3) is 5.85. The van der Waals surface area contributed by atoms with Gasteiger partial charge in [0.1, 0.15) is 0 Å². The average Bonchev–Trinajstić information content (AvgIpc) is 3.88. The minimum Gasteiger partial charge on any atom is -0.310 e. The predicted octanol–water partition coefficient (Wildman–Crippen LogP) is 16.8. The van der Waals surface area contributed by atoms with Gasteiger partial charge in [0, 0.05) is 53.6 Å². The molecule has 0 N–H and O–H groups in total. The van der Waals surface area contributed by atoms with Crippen LogP contribution in [0.1, 0.15) is 0 Å². The molecular formula is C58H38N2S. The maximum absolute atomic E-state index is 2.47. The molecule has 0 aliphatic carbocycles. The molecule has 0 radical (unpaired) electrons. The van der Waals surface area contributed by atoms with Gasteiger partial charge in [-0.2, -0.15) is 0 Å². The molecule has 0 spiro atoms. The van der Waals surface area contributed by atoms with Gasteiger partial charge in [-0.3, -0.25) is 0 Å². The highest BCUT2D eigenvalue weighted by atomic mass is 32.1. The summed E-state index contributed by atoms with van der Waals surface area (Å²) in [7, 11) is 0. The number of hydrogen-bond acceptors (Lipinski definition) is 2. The fourth-order valence-corrected chi connectivity index (χ4v) is 10.7. The van der Waals surface area contributed by atoms with Crippen molar-refractivity contribution in [1.29, 1.82) is 0 Å². The van der Waals surface area contributed by atoms with Crippen LogP contribution in [0.4, 0.5) is 17.1 Å². The van der Waals surface area contributed by atoms with Crippen molar-refractivity contribution in [2.24, 2.45) is 0 Å². The van der Waals surface area contributed by atoms with Crippen LogP contribution in [-0.4, -0.2) is 4.57 Å². The van der Waals surface area contributed by atoms with Crippen LogP contribution in [0.2, 0.25) is 0 Å². The fourth-order valence-electron chi connectivity index (χ4n) is 9.49. The molecule has 12 aromatic rings. The lowest BCUT2D eigenvalue weighted by Crippen LogP contribution is -2.11. The highest BCUT2D eigenvalue weighted by molar-refractivity contribution is 7.26. The molecule has 0 unspecified atom stereocenters. The van der Waals surface area contributed by atoms with E-state index in [2.05, 4.69) is 240 Å². The van der Waals surface area contributed by atoms with E-state index in [9.17, 15) is 0 Å². The van der Waals surface area contributed by atoms with Gasteiger partial charge in [0.2, 0.25) is 0 Å². The van der Waals surface area contributed by atoms with Crippen molar-refractivity contribution in [2.45, 2.75) is 0 Å². The third-order valence-electron chi connectivity index (χ3n) is 12.2. The van der Waals surface area contributed by atoms with E-state index in [1.54, 1.807) is 0 Å². The van der Waals surface area contributed by atoms with E-state index in [1.165, 1.54) is 86.1 Å². The molecule has 61 heavy (non-hydrogen) atoms. The number of anilines is 3. The standard InChI is InChI=1S/C58H38N2S/c1-3-17-39(18-4-1)45-28-14-19-40-20-15-30-50(57(40)45)47-25-7-10-32-53(47)59(43-24-13-21-41(37-43)46-29-16-31-51-49-27-9-12-34-56(49)61-58(46)51)44-35-36-55-52(38-44)48-26-8-11-33-54(48)60(55)42-22-5-2-6-23-42/h1-38H. The van der Waals surface area contributed by atoms with Crippen molar-refractivity contribution in [2.75, 3.05) is 4.90 Å². The fraction of sp³-hybridized carbons (Fsp3) is 0. The molecule has 0 atom stereocenters. The molecule has 0 fully saturated rings. The van der Waals surface area contributed by atoms with E-state index < -0.39 is 0 Å². The molecule has 0 bridgehead atoms.